The molecule has 2 heterocycles. The molecule has 128 valence electrons. The van der Waals surface area contributed by atoms with Crippen molar-refractivity contribution < 1.29 is 18.0 Å². The zero-order chi connectivity index (χ0) is 16.2. The minimum absolute atomic E-state index is 0.0841. The maximum atomic E-state index is 12.5. The number of alkyl halides is 3. The molecule has 1 N–H and O–H groups in total. The number of halogens is 3. The maximum absolute atomic E-state index is 12.5. The summed E-state index contributed by atoms with van der Waals surface area (Å²) in [5.41, 5.74) is 0. The fourth-order valence-corrected chi connectivity index (χ4v) is 3.49. The lowest BCUT2D eigenvalue weighted by Gasteiger charge is -2.27. The lowest BCUT2D eigenvalue weighted by atomic mass is 10.1. The average Bonchev–Trinajstić information content (AvgIpc) is 2.77. The van der Waals surface area contributed by atoms with Crippen LogP contribution in [0, 0.1) is 5.92 Å². The molecule has 2 saturated heterocycles. The third kappa shape index (κ3) is 5.12. The molecule has 1 amide bonds. The quantitative estimate of drug-likeness (QED) is 0.839. The van der Waals surface area contributed by atoms with Crippen LogP contribution in [0.5, 0.6) is 0 Å². The standard InChI is InChI=1S/C15H26F3N3O/c1-2-20(11-15(16,17)18)9-12-6-8-21(10-12)13-5-3-4-7-19-14(13)22/h12-13H,2-11H2,1H3,(H,19,22)/t12-,13+/m0/s1. The molecular weight excluding hydrogens is 295 g/mol. The molecule has 2 aliphatic rings. The largest absolute Gasteiger partial charge is 0.401 e. The Morgan fingerprint density at radius 1 is 1.32 bits per heavy atom. The van der Waals surface area contributed by atoms with Gasteiger partial charge in [-0.25, -0.2) is 0 Å². The van der Waals surface area contributed by atoms with Gasteiger partial charge < -0.3 is 5.32 Å². The van der Waals surface area contributed by atoms with Crippen LogP contribution in [0.25, 0.3) is 0 Å². The third-order valence-electron chi connectivity index (χ3n) is 4.63. The van der Waals surface area contributed by atoms with Crippen LogP contribution in [-0.2, 0) is 4.79 Å². The first-order valence-electron chi connectivity index (χ1n) is 8.20. The molecule has 0 radical (unpaired) electrons. The minimum Gasteiger partial charge on any atom is -0.355 e. The van der Waals surface area contributed by atoms with E-state index in [1.165, 1.54) is 4.90 Å². The molecule has 0 saturated carbocycles. The summed E-state index contributed by atoms with van der Waals surface area (Å²) in [6.07, 6.45) is -0.374. The molecule has 22 heavy (non-hydrogen) atoms. The van der Waals surface area contributed by atoms with E-state index in [1.54, 1.807) is 6.92 Å². The predicted octanol–water partition coefficient (Wildman–Crippen LogP) is 1.86. The first-order chi connectivity index (χ1) is 10.4. The van der Waals surface area contributed by atoms with Gasteiger partial charge in [-0.1, -0.05) is 6.92 Å². The molecule has 0 unspecified atom stereocenters. The summed E-state index contributed by atoms with van der Waals surface area (Å²) in [5.74, 6) is 0.305. The highest BCUT2D eigenvalue weighted by Crippen LogP contribution is 2.24. The predicted molar refractivity (Wildman–Crippen MR) is 78.5 cm³/mol. The van der Waals surface area contributed by atoms with Gasteiger partial charge in [-0.05, 0) is 44.7 Å². The van der Waals surface area contributed by atoms with Crippen LogP contribution in [0.4, 0.5) is 13.2 Å². The fraction of sp³-hybridized carbons (Fsp3) is 0.933. The molecular formula is C15H26F3N3O. The first-order valence-corrected chi connectivity index (χ1v) is 8.20. The first kappa shape index (κ1) is 17.5. The van der Waals surface area contributed by atoms with Crippen LogP contribution in [0.3, 0.4) is 0 Å². The molecule has 0 aliphatic carbocycles. The second kappa shape index (κ2) is 7.64. The summed E-state index contributed by atoms with van der Waals surface area (Å²) in [4.78, 5) is 15.7. The summed E-state index contributed by atoms with van der Waals surface area (Å²) < 4.78 is 37.6. The molecule has 0 aromatic carbocycles. The topological polar surface area (TPSA) is 35.6 Å². The third-order valence-corrected chi connectivity index (χ3v) is 4.63. The van der Waals surface area contributed by atoms with Gasteiger partial charge >= 0.3 is 6.18 Å². The maximum Gasteiger partial charge on any atom is 0.401 e. The second-order valence-corrected chi connectivity index (χ2v) is 6.40. The Bertz CT molecular complexity index is 376. The van der Waals surface area contributed by atoms with Crippen molar-refractivity contribution in [2.24, 2.45) is 5.92 Å². The number of amides is 1. The number of hydrogen-bond donors (Lipinski definition) is 1. The Balaban J connectivity index is 1.85. The van der Waals surface area contributed by atoms with Gasteiger partial charge in [0, 0.05) is 19.6 Å². The van der Waals surface area contributed by atoms with Crippen molar-refractivity contribution in [1.82, 2.24) is 15.1 Å². The van der Waals surface area contributed by atoms with E-state index in [-0.39, 0.29) is 17.9 Å². The average molecular weight is 321 g/mol. The van der Waals surface area contributed by atoms with Crippen molar-refractivity contribution in [1.29, 1.82) is 0 Å². The van der Waals surface area contributed by atoms with E-state index < -0.39 is 12.7 Å². The molecule has 2 aliphatic heterocycles. The zero-order valence-electron chi connectivity index (χ0n) is 13.2. The van der Waals surface area contributed by atoms with Crippen molar-refractivity contribution in [2.75, 3.05) is 39.3 Å². The van der Waals surface area contributed by atoms with Gasteiger partial charge in [0.1, 0.15) is 0 Å². The van der Waals surface area contributed by atoms with Crippen molar-refractivity contribution in [3.05, 3.63) is 0 Å². The van der Waals surface area contributed by atoms with E-state index in [0.717, 1.165) is 45.3 Å². The molecule has 0 bridgehead atoms. The summed E-state index contributed by atoms with van der Waals surface area (Å²) in [6, 6.07) is -0.0924. The summed E-state index contributed by atoms with van der Waals surface area (Å²) in [6.45, 7) is 4.06. The van der Waals surface area contributed by atoms with E-state index in [1.807, 2.05) is 0 Å². The Hall–Kier alpha value is -0.820. The van der Waals surface area contributed by atoms with Gasteiger partial charge in [-0.2, -0.15) is 13.2 Å². The van der Waals surface area contributed by atoms with Crippen molar-refractivity contribution in [3.8, 4) is 0 Å². The van der Waals surface area contributed by atoms with E-state index in [0.29, 0.717) is 13.1 Å². The second-order valence-electron chi connectivity index (χ2n) is 6.40. The minimum atomic E-state index is -4.14. The zero-order valence-corrected chi connectivity index (χ0v) is 13.2. The van der Waals surface area contributed by atoms with Crippen LogP contribution in [0.15, 0.2) is 0 Å². The number of nitrogens with one attached hydrogen (secondary N) is 1. The van der Waals surface area contributed by atoms with E-state index >= 15 is 0 Å². The normalized spacial score (nSPS) is 28.0. The number of likely N-dealkylation sites (tertiary alicyclic amines) is 1. The lowest BCUT2D eigenvalue weighted by Crippen LogP contribution is -2.45. The highest BCUT2D eigenvalue weighted by molar-refractivity contribution is 5.81. The molecule has 2 rings (SSSR count). The van der Waals surface area contributed by atoms with Crippen molar-refractivity contribution in [3.63, 3.8) is 0 Å². The van der Waals surface area contributed by atoms with Gasteiger partial charge in [0.15, 0.2) is 0 Å². The Labute approximate surface area is 130 Å². The molecule has 7 heteroatoms. The van der Waals surface area contributed by atoms with E-state index in [9.17, 15) is 18.0 Å². The van der Waals surface area contributed by atoms with Gasteiger partial charge in [0.2, 0.25) is 5.91 Å². The molecule has 2 fully saturated rings. The molecule has 0 aromatic heterocycles. The Morgan fingerprint density at radius 2 is 2.09 bits per heavy atom. The fourth-order valence-electron chi connectivity index (χ4n) is 3.49. The van der Waals surface area contributed by atoms with Crippen LogP contribution >= 0.6 is 0 Å². The van der Waals surface area contributed by atoms with E-state index in [2.05, 4.69) is 10.2 Å². The Morgan fingerprint density at radius 3 is 2.77 bits per heavy atom. The van der Waals surface area contributed by atoms with Crippen molar-refractivity contribution >= 4 is 5.91 Å². The van der Waals surface area contributed by atoms with Gasteiger partial charge in [-0.3, -0.25) is 14.6 Å². The molecule has 0 aromatic rings. The van der Waals surface area contributed by atoms with Crippen LogP contribution < -0.4 is 5.32 Å². The van der Waals surface area contributed by atoms with Gasteiger partial charge in [-0.15, -0.1) is 0 Å². The smallest absolute Gasteiger partial charge is 0.355 e. The number of carbonyl (C=O) groups excluding carboxylic acids is 1. The molecule has 4 nitrogen and oxygen atoms in total. The number of carbonyl (C=O) groups is 1. The van der Waals surface area contributed by atoms with Crippen LogP contribution in [0.2, 0.25) is 0 Å². The Kier molecular flexibility index (Phi) is 6.09. The summed E-state index contributed by atoms with van der Waals surface area (Å²) in [7, 11) is 0. The van der Waals surface area contributed by atoms with Crippen LogP contribution in [-0.4, -0.2) is 67.2 Å². The van der Waals surface area contributed by atoms with Crippen LogP contribution in [0.1, 0.15) is 32.6 Å². The highest BCUT2D eigenvalue weighted by Gasteiger charge is 2.35. The number of nitrogens with zero attached hydrogens (tertiary/aromatic N) is 2. The van der Waals surface area contributed by atoms with Gasteiger partial charge in [0.25, 0.3) is 0 Å². The molecule has 2 atom stereocenters. The van der Waals surface area contributed by atoms with Gasteiger partial charge in [0.05, 0.1) is 12.6 Å². The number of hydrogen-bond acceptors (Lipinski definition) is 3. The van der Waals surface area contributed by atoms with E-state index in [4.69, 9.17) is 0 Å². The summed E-state index contributed by atoms with van der Waals surface area (Å²) >= 11 is 0. The molecule has 0 spiro atoms. The van der Waals surface area contributed by atoms with Crippen molar-refractivity contribution in [2.45, 2.75) is 44.8 Å². The SMILES string of the molecule is CCN(C[C@@H]1CCN([C@@H]2CCCCNC2=O)C1)CC(F)(F)F. The monoisotopic (exact) mass is 321 g/mol. The summed E-state index contributed by atoms with van der Waals surface area (Å²) in [5, 5.41) is 2.93. The lowest BCUT2D eigenvalue weighted by molar-refractivity contribution is -0.146. The highest BCUT2D eigenvalue weighted by atomic mass is 19.4. The number of rotatable bonds is 5.